The van der Waals surface area contributed by atoms with Crippen LogP contribution in [-0.4, -0.2) is 6.61 Å². The molecule has 0 unspecified atom stereocenters. The average Bonchev–Trinajstić information content (AvgIpc) is 2.42. The van der Waals surface area contributed by atoms with Gasteiger partial charge in [-0.2, -0.15) is 8.78 Å². The maximum absolute atomic E-state index is 13.5. The third-order valence-corrected chi connectivity index (χ3v) is 2.89. The second kappa shape index (κ2) is 6.67. The van der Waals surface area contributed by atoms with E-state index >= 15 is 0 Å². The van der Waals surface area contributed by atoms with Crippen LogP contribution in [0.2, 0.25) is 5.02 Å². The summed E-state index contributed by atoms with van der Waals surface area (Å²) in [5, 5.41) is 2.93. The van der Waals surface area contributed by atoms with Crippen LogP contribution >= 0.6 is 11.6 Å². The van der Waals surface area contributed by atoms with Crippen molar-refractivity contribution >= 4 is 17.3 Å². The van der Waals surface area contributed by atoms with E-state index in [-0.39, 0.29) is 18.0 Å². The third kappa shape index (κ3) is 4.01. The molecular formula is C14H10ClF4NO. The zero-order chi connectivity index (χ0) is 15.4. The minimum Gasteiger partial charge on any atom is -0.434 e. The van der Waals surface area contributed by atoms with Crippen molar-refractivity contribution in [2.75, 3.05) is 5.32 Å². The van der Waals surface area contributed by atoms with E-state index in [1.54, 1.807) is 0 Å². The Bertz CT molecular complexity index is 636. The Balaban J connectivity index is 2.19. The van der Waals surface area contributed by atoms with Crippen LogP contribution in [0.1, 0.15) is 5.56 Å². The molecule has 0 spiro atoms. The number of rotatable bonds is 5. The monoisotopic (exact) mass is 319 g/mol. The highest BCUT2D eigenvalue weighted by molar-refractivity contribution is 6.30. The van der Waals surface area contributed by atoms with Gasteiger partial charge in [-0.15, -0.1) is 0 Å². The van der Waals surface area contributed by atoms with Gasteiger partial charge in [0.15, 0.2) is 11.6 Å². The number of ether oxygens (including phenoxy) is 1. The molecule has 0 aliphatic heterocycles. The highest BCUT2D eigenvalue weighted by Gasteiger charge is 2.12. The molecule has 2 aromatic rings. The van der Waals surface area contributed by atoms with Gasteiger partial charge in [-0.05, 0) is 30.3 Å². The van der Waals surface area contributed by atoms with Crippen molar-refractivity contribution in [1.29, 1.82) is 0 Å². The molecule has 0 aliphatic carbocycles. The standard InChI is InChI=1S/C14H10ClF4NO/c15-9-4-5-12(21-14(18)19)8(6-9)7-20-11-3-1-2-10(16)13(11)17/h1-6,14,20H,7H2. The van der Waals surface area contributed by atoms with Crippen molar-refractivity contribution in [1.82, 2.24) is 0 Å². The van der Waals surface area contributed by atoms with Gasteiger partial charge in [-0.1, -0.05) is 17.7 Å². The van der Waals surface area contributed by atoms with Gasteiger partial charge in [0, 0.05) is 17.1 Å². The van der Waals surface area contributed by atoms with Crippen LogP contribution in [0.5, 0.6) is 5.75 Å². The quantitative estimate of drug-likeness (QED) is 0.797. The first-order valence-electron chi connectivity index (χ1n) is 5.88. The average molecular weight is 320 g/mol. The topological polar surface area (TPSA) is 21.3 Å². The minimum atomic E-state index is -2.99. The van der Waals surface area contributed by atoms with Gasteiger partial charge in [0.2, 0.25) is 0 Å². The summed E-state index contributed by atoms with van der Waals surface area (Å²) in [5.74, 6) is -2.13. The normalized spacial score (nSPS) is 10.8. The van der Waals surface area contributed by atoms with Crippen molar-refractivity contribution in [3.63, 3.8) is 0 Å². The third-order valence-electron chi connectivity index (χ3n) is 2.66. The lowest BCUT2D eigenvalue weighted by atomic mass is 10.2. The molecule has 0 aliphatic rings. The van der Waals surface area contributed by atoms with E-state index in [4.69, 9.17) is 11.6 Å². The molecule has 0 fully saturated rings. The Hall–Kier alpha value is -1.95. The summed E-state index contributed by atoms with van der Waals surface area (Å²) in [6.45, 7) is -3.04. The number of hydrogen-bond donors (Lipinski definition) is 1. The summed E-state index contributed by atoms with van der Waals surface area (Å²) in [7, 11) is 0. The summed E-state index contributed by atoms with van der Waals surface area (Å²) < 4.78 is 55.5. The van der Waals surface area contributed by atoms with Gasteiger partial charge < -0.3 is 10.1 Å². The van der Waals surface area contributed by atoms with E-state index in [0.717, 1.165) is 6.07 Å². The number of benzene rings is 2. The molecule has 2 nitrogen and oxygen atoms in total. The number of hydrogen-bond acceptors (Lipinski definition) is 2. The molecule has 0 saturated carbocycles. The van der Waals surface area contributed by atoms with Crippen LogP contribution in [0.4, 0.5) is 23.2 Å². The Labute approximate surface area is 123 Å². The summed E-state index contributed by atoms with van der Waals surface area (Å²) in [6, 6.07) is 7.72. The molecule has 0 bridgehead atoms. The number of alkyl halides is 2. The summed E-state index contributed by atoms with van der Waals surface area (Å²) in [4.78, 5) is 0. The van der Waals surface area contributed by atoms with Crippen LogP contribution < -0.4 is 10.1 Å². The molecule has 112 valence electrons. The zero-order valence-electron chi connectivity index (χ0n) is 10.5. The van der Waals surface area contributed by atoms with E-state index in [9.17, 15) is 17.6 Å². The molecule has 0 amide bonds. The Morgan fingerprint density at radius 2 is 1.90 bits per heavy atom. The van der Waals surface area contributed by atoms with E-state index in [1.165, 1.54) is 30.3 Å². The Morgan fingerprint density at radius 1 is 1.14 bits per heavy atom. The fourth-order valence-electron chi connectivity index (χ4n) is 1.73. The first-order chi connectivity index (χ1) is 9.97. The lowest BCUT2D eigenvalue weighted by Gasteiger charge is -2.13. The smallest absolute Gasteiger partial charge is 0.387 e. The first-order valence-corrected chi connectivity index (χ1v) is 6.26. The molecule has 1 N–H and O–H groups in total. The van der Waals surface area contributed by atoms with Crippen molar-refractivity contribution < 1.29 is 22.3 Å². The van der Waals surface area contributed by atoms with Gasteiger partial charge in [0.25, 0.3) is 0 Å². The summed E-state index contributed by atoms with van der Waals surface area (Å²) >= 11 is 5.79. The van der Waals surface area contributed by atoms with Gasteiger partial charge in [0.05, 0.1) is 5.69 Å². The van der Waals surface area contributed by atoms with Gasteiger partial charge in [-0.25, -0.2) is 8.78 Å². The molecule has 0 radical (unpaired) electrons. The lowest BCUT2D eigenvalue weighted by Crippen LogP contribution is -2.08. The predicted molar refractivity (Wildman–Crippen MR) is 71.8 cm³/mol. The Morgan fingerprint density at radius 3 is 2.62 bits per heavy atom. The Kier molecular flexibility index (Phi) is 4.90. The van der Waals surface area contributed by atoms with Crippen LogP contribution in [-0.2, 0) is 6.54 Å². The molecule has 2 aromatic carbocycles. The highest BCUT2D eigenvalue weighted by Crippen LogP contribution is 2.26. The second-order valence-corrected chi connectivity index (χ2v) is 4.52. The SMILES string of the molecule is Fc1cccc(NCc2cc(Cl)ccc2OC(F)F)c1F. The van der Waals surface area contributed by atoms with E-state index < -0.39 is 18.2 Å². The van der Waals surface area contributed by atoms with Crippen molar-refractivity contribution in [3.8, 4) is 5.75 Å². The molecular weight excluding hydrogens is 310 g/mol. The molecule has 0 saturated heterocycles. The van der Waals surface area contributed by atoms with E-state index in [0.29, 0.717) is 10.6 Å². The minimum absolute atomic E-state index is 0.0526. The second-order valence-electron chi connectivity index (χ2n) is 4.09. The molecule has 2 rings (SSSR count). The maximum Gasteiger partial charge on any atom is 0.387 e. The van der Waals surface area contributed by atoms with Crippen LogP contribution in [0, 0.1) is 11.6 Å². The lowest BCUT2D eigenvalue weighted by molar-refractivity contribution is -0.0504. The predicted octanol–water partition coefficient (Wildman–Crippen LogP) is 4.83. The van der Waals surface area contributed by atoms with E-state index in [2.05, 4.69) is 10.1 Å². The molecule has 0 aromatic heterocycles. The van der Waals surface area contributed by atoms with E-state index in [1.807, 2.05) is 0 Å². The van der Waals surface area contributed by atoms with Crippen LogP contribution in [0.3, 0.4) is 0 Å². The number of halogens is 5. The van der Waals surface area contributed by atoms with Gasteiger partial charge >= 0.3 is 6.61 Å². The van der Waals surface area contributed by atoms with Crippen LogP contribution in [0.15, 0.2) is 36.4 Å². The largest absolute Gasteiger partial charge is 0.434 e. The fourth-order valence-corrected chi connectivity index (χ4v) is 1.92. The molecule has 0 atom stereocenters. The fraction of sp³-hybridized carbons (Fsp3) is 0.143. The molecule has 7 heteroatoms. The van der Waals surface area contributed by atoms with Crippen molar-refractivity contribution in [3.05, 3.63) is 58.6 Å². The summed E-state index contributed by atoms with van der Waals surface area (Å²) in [5.41, 5.74) is 0.212. The zero-order valence-corrected chi connectivity index (χ0v) is 11.3. The molecule has 21 heavy (non-hydrogen) atoms. The maximum atomic E-state index is 13.5. The number of anilines is 1. The highest BCUT2D eigenvalue weighted by atomic mass is 35.5. The first kappa shape index (κ1) is 15.4. The van der Waals surface area contributed by atoms with Gasteiger partial charge in [-0.3, -0.25) is 0 Å². The molecule has 0 heterocycles. The van der Waals surface area contributed by atoms with Crippen LogP contribution in [0.25, 0.3) is 0 Å². The van der Waals surface area contributed by atoms with Crippen molar-refractivity contribution in [2.45, 2.75) is 13.2 Å². The number of nitrogens with one attached hydrogen (secondary N) is 1. The van der Waals surface area contributed by atoms with Gasteiger partial charge in [0.1, 0.15) is 5.75 Å². The van der Waals surface area contributed by atoms with Crippen molar-refractivity contribution in [2.24, 2.45) is 0 Å². The summed E-state index contributed by atoms with van der Waals surface area (Å²) in [6.07, 6.45) is 0.